The van der Waals surface area contributed by atoms with Crippen molar-refractivity contribution in [2.45, 2.75) is 58.0 Å². The van der Waals surface area contributed by atoms with E-state index in [2.05, 4.69) is 10.3 Å². The molecule has 1 unspecified atom stereocenters. The molecule has 2 rings (SSSR count). The molecule has 1 heterocycles. The number of nitrogens with zero attached hydrogens (tertiary/aromatic N) is 1. The molecular formula is C16H24N2O2. The van der Waals surface area contributed by atoms with Gasteiger partial charge in [-0.15, -0.1) is 0 Å². The summed E-state index contributed by atoms with van der Waals surface area (Å²) in [6.45, 7) is 4.25. The molecule has 0 amide bonds. The van der Waals surface area contributed by atoms with Gasteiger partial charge in [0, 0.05) is 24.0 Å². The second-order valence-electron chi connectivity index (χ2n) is 5.42. The van der Waals surface area contributed by atoms with Crippen LogP contribution in [-0.2, 0) is 9.53 Å². The van der Waals surface area contributed by atoms with Gasteiger partial charge in [0.25, 0.3) is 0 Å². The largest absolute Gasteiger partial charge is 0.465 e. The van der Waals surface area contributed by atoms with Gasteiger partial charge in [0.05, 0.1) is 6.61 Å². The van der Waals surface area contributed by atoms with Crippen molar-refractivity contribution in [3.63, 3.8) is 0 Å². The minimum atomic E-state index is -0.397. The van der Waals surface area contributed by atoms with E-state index in [1.165, 1.54) is 19.3 Å². The maximum atomic E-state index is 12.3. The quantitative estimate of drug-likeness (QED) is 0.840. The first kappa shape index (κ1) is 15.0. The third-order valence-corrected chi connectivity index (χ3v) is 3.92. The number of hydrogen-bond donors (Lipinski definition) is 1. The second kappa shape index (κ2) is 7.39. The van der Waals surface area contributed by atoms with Gasteiger partial charge in [-0.3, -0.25) is 10.3 Å². The Morgan fingerprint density at radius 1 is 1.45 bits per heavy atom. The van der Waals surface area contributed by atoms with Crippen molar-refractivity contribution in [1.29, 1.82) is 0 Å². The van der Waals surface area contributed by atoms with Crippen LogP contribution in [0.2, 0.25) is 0 Å². The van der Waals surface area contributed by atoms with Gasteiger partial charge in [-0.2, -0.15) is 0 Å². The molecule has 1 N–H and O–H groups in total. The Hall–Kier alpha value is -1.42. The molecule has 1 aromatic heterocycles. The standard InChI is InChI=1S/C16H24N2O2/c1-3-20-16(19)15(14-11-17-10-9-12(14)2)18-13-7-5-4-6-8-13/h9-11,13,15,18H,3-8H2,1-2H3. The lowest BCUT2D eigenvalue weighted by atomic mass is 9.93. The van der Waals surface area contributed by atoms with Crippen LogP contribution in [0, 0.1) is 6.92 Å². The van der Waals surface area contributed by atoms with Gasteiger partial charge in [-0.1, -0.05) is 19.3 Å². The highest BCUT2D eigenvalue weighted by Crippen LogP contribution is 2.23. The summed E-state index contributed by atoms with van der Waals surface area (Å²) in [7, 11) is 0. The Kier molecular flexibility index (Phi) is 5.53. The number of carbonyl (C=O) groups is 1. The van der Waals surface area contributed by atoms with Crippen molar-refractivity contribution in [2.75, 3.05) is 6.61 Å². The summed E-state index contributed by atoms with van der Waals surface area (Å²) in [5.41, 5.74) is 2.00. The van der Waals surface area contributed by atoms with Crippen LogP contribution in [0.25, 0.3) is 0 Å². The maximum absolute atomic E-state index is 12.3. The topological polar surface area (TPSA) is 51.2 Å². The van der Waals surface area contributed by atoms with Crippen LogP contribution in [-0.4, -0.2) is 23.6 Å². The molecule has 0 radical (unpaired) electrons. The molecule has 1 fully saturated rings. The fraction of sp³-hybridized carbons (Fsp3) is 0.625. The van der Waals surface area contributed by atoms with Gasteiger partial charge in [-0.25, -0.2) is 4.79 Å². The highest BCUT2D eigenvalue weighted by molar-refractivity contribution is 5.78. The number of hydrogen-bond acceptors (Lipinski definition) is 4. The lowest BCUT2D eigenvalue weighted by Gasteiger charge is -2.28. The molecule has 0 spiro atoms. The van der Waals surface area contributed by atoms with Crippen molar-refractivity contribution < 1.29 is 9.53 Å². The minimum absolute atomic E-state index is 0.200. The van der Waals surface area contributed by atoms with Gasteiger partial charge < -0.3 is 4.74 Å². The SMILES string of the molecule is CCOC(=O)C(NC1CCCCC1)c1cnccc1C. The number of carbonyl (C=O) groups excluding carboxylic acids is 1. The third-order valence-electron chi connectivity index (χ3n) is 3.92. The lowest BCUT2D eigenvalue weighted by molar-refractivity contribution is -0.146. The molecule has 1 aromatic rings. The summed E-state index contributed by atoms with van der Waals surface area (Å²) in [4.78, 5) is 16.4. The van der Waals surface area contributed by atoms with Gasteiger partial charge in [0.15, 0.2) is 0 Å². The van der Waals surface area contributed by atoms with Gasteiger partial charge in [0.1, 0.15) is 6.04 Å². The molecule has 1 atom stereocenters. The Morgan fingerprint density at radius 2 is 2.20 bits per heavy atom. The summed E-state index contributed by atoms with van der Waals surface area (Å²) in [5, 5.41) is 3.48. The number of rotatable bonds is 5. The van der Waals surface area contributed by atoms with Crippen molar-refractivity contribution >= 4 is 5.97 Å². The van der Waals surface area contributed by atoms with Gasteiger partial charge in [0.2, 0.25) is 0 Å². The number of esters is 1. The molecule has 0 bridgehead atoms. The van der Waals surface area contributed by atoms with Crippen molar-refractivity contribution in [1.82, 2.24) is 10.3 Å². The maximum Gasteiger partial charge on any atom is 0.327 e. The Morgan fingerprint density at radius 3 is 2.85 bits per heavy atom. The van der Waals surface area contributed by atoms with Crippen LogP contribution in [0.5, 0.6) is 0 Å². The lowest BCUT2D eigenvalue weighted by Crippen LogP contribution is -2.39. The molecule has 20 heavy (non-hydrogen) atoms. The summed E-state index contributed by atoms with van der Waals surface area (Å²) in [6.07, 6.45) is 9.56. The van der Waals surface area contributed by atoms with E-state index in [0.717, 1.165) is 24.0 Å². The fourth-order valence-corrected chi connectivity index (χ4v) is 2.79. The molecular weight excluding hydrogens is 252 g/mol. The molecule has 110 valence electrons. The van der Waals surface area contributed by atoms with E-state index in [0.29, 0.717) is 12.6 Å². The monoisotopic (exact) mass is 276 g/mol. The fourth-order valence-electron chi connectivity index (χ4n) is 2.79. The van der Waals surface area contributed by atoms with Crippen LogP contribution >= 0.6 is 0 Å². The zero-order chi connectivity index (χ0) is 14.4. The van der Waals surface area contributed by atoms with E-state index in [-0.39, 0.29) is 5.97 Å². The number of pyridine rings is 1. The van der Waals surface area contributed by atoms with Crippen molar-refractivity contribution in [2.24, 2.45) is 0 Å². The first-order valence-electron chi connectivity index (χ1n) is 7.55. The summed E-state index contributed by atoms with van der Waals surface area (Å²) in [6, 6.07) is 1.94. The van der Waals surface area contributed by atoms with Crippen LogP contribution in [0.3, 0.4) is 0 Å². The van der Waals surface area contributed by atoms with Crippen LogP contribution in [0.1, 0.15) is 56.2 Å². The van der Waals surface area contributed by atoms with Crippen LogP contribution < -0.4 is 5.32 Å². The zero-order valence-electron chi connectivity index (χ0n) is 12.4. The molecule has 0 saturated heterocycles. The molecule has 1 aliphatic carbocycles. The zero-order valence-corrected chi connectivity index (χ0v) is 12.4. The van der Waals surface area contributed by atoms with Crippen LogP contribution in [0.4, 0.5) is 0 Å². The highest BCUT2D eigenvalue weighted by atomic mass is 16.5. The van der Waals surface area contributed by atoms with E-state index in [4.69, 9.17) is 4.74 Å². The molecule has 0 aromatic carbocycles. The number of aryl methyl sites for hydroxylation is 1. The first-order valence-corrected chi connectivity index (χ1v) is 7.55. The number of ether oxygens (including phenoxy) is 1. The van der Waals surface area contributed by atoms with Crippen molar-refractivity contribution in [3.05, 3.63) is 29.6 Å². The summed E-state index contributed by atoms with van der Waals surface area (Å²) < 4.78 is 5.23. The smallest absolute Gasteiger partial charge is 0.327 e. The number of nitrogens with one attached hydrogen (secondary N) is 1. The molecule has 1 saturated carbocycles. The number of aromatic nitrogens is 1. The van der Waals surface area contributed by atoms with E-state index in [9.17, 15) is 4.79 Å². The molecule has 1 aliphatic rings. The third kappa shape index (κ3) is 3.79. The minimum Gasteiger partial charge on any atom is -0.465 e. The van der Waals surface area contributed by atoms with E-state index >= 15 is 0 Å². The van der Waals surface area contributed by atoms with Gasteiger partial charge in [-0.05, 0) is 38.3 Å². The average molecular weight is 276 g/mol. The van der Waals surface area contributed by atoms with Crippen molar-refractivity contribution in [3.8, 4) is 0 Å². The van der Waals surface area contributed by atoms with Gasteiger partial charge >= 0.3 is 5.97 Å². The normalized spacial score (nSPS) is 17.7. The van der Waals surface area contributed by atoms with E-state index in [1.807, 2.05) is 19.9 Å². The summed E-state index contributed by atoms with van der Waals surface area (Å²) in [5.74, 6) is -0.200. The molecule has 4 nitrogen and oxygen atoms in total. The predicted molar refractivity (Wildman–Crippen MR) is 78.4 cm³/mol. The first-order chi connectivity index (χ1) is 9.72. The highest BCUT2D eigenvalue weighted by Gasteiger charge is 2.27. The Balaban J connectivity index is 2.15. The van der Waals surface area contributed by atoms with E-state index < -0.39 is 6.04 Å². The average Bonchev–Trinajstić information content (AvgIpc) is 2.47. The second-order valence-corrected chi connectivity index (χ2v) is 5.42. The molecule has 0 aliphatic heterocycles. The molecule has 4 heteroatoms. The Labute approximate surface area is 120 Å². The van der Waals surface area contributed by atoms with Crippen LogP contribution in [0.15, 0.2) is 18.5 Å². The predicted octanol–water partition coefficient (Wildman–Crippen LogP) is 2.92. The summed E-state index contributed by atoms with van der Waals surface area (Å²) >= 11 is 0. The Bertz CT molecular complexity index is 442. The van der Waals surface area contributed by atoms with E-state index in [1.54, 1.807) is 12.4 Å².